The number of carbonyl (C=O) groups excluding carboxylic acids is 4. The summed E-state index contributed by atoms with van der Waals surface area (Å²) < 4.78 is 40.0. The third-order valence-electron chi connectivity index (χ3n) is 11.5. The van der Waals surface area contributed by atoms with Crippen molar-refractivity contribution in [3.8, 4) is 22.8 Å². The van der Waals surface area contributed by atoms with E-state index < -0.39 is 51.2 Å². The highest BCUT2D eigenvalue weighted by Gasteiger charge is 2.45. The molecule has 1 aliphatic carbocycles. The number of nitrogens with one attached hydrogen (secondary N) is 2. The van der Waals surface area contributed by atoms with Crippen LogP contribution in [-0.2, 0) is 29.2 Å². The Kier molecular flexibility index (Phi) is 12.8. The Bertz CT molecular complexity index is 2080. The van der Waals surface area contributed by atoms with Crippen LogP contribution in [-0.4, -0.2) is 97.0 Å². The number of fused-ring (bicyclic) bond motifs is 2. The summed E-state index contributed by atoms with van der Waals surface area (Å²) in [5.74, 6) is -1.25. The maximum absolute atomic E-state index is 14.8. The Morgan fingerprint density at radius 2 is 1.70 bits per heavy atom. The van der Waals surface area contributed by atoms with E-state index in [1.165, 1.54) is 4.90 Å². The molecule has 4 heterocycles. The van der Waals surface area contributed by atoms with Crippen LogP contribution < -0.4 is 19.5 Å². The van der Waals surface area contributed by atoms with Gasteiger partial charge in [-0.3, -0.25) is 23.9 Å². The summed E-state index contributed by atoms with van der Waals surface area (Å²) in [5, 5.41) is 2.92. The molecule has 3 aromatic rings. The number of hydrogen-bond donors (Lipinski definition) is 2. The summed E-state index contributed by atoms with van der Waals surface area (Å²) in [5.41, 5.74) is 2.20. The number of piperidine rings is 1. The number of nitrogens with zero attached hydrogens (tertiary/aromatic N) is 3. The fraction of sp³-hybridized carbons (Fsp3) is 0.512. The molecule has 3 fully saturated rings. The molecule has 4 atom stereocenters. The number of aromatic nitrogens is 1. The fourth-order valence-corrected chi connectivity index (χ4v) is 9.44. The number of amides is 4. The monoisotopic (exact) mass is 799 g/mol. The second-order valence-electron chi connectivity index (χ2n) is 15.7. The molecule has 304 valence electrons. The van der Waals surface area contributed by atoms with E-state index in [1.54, 1.807) is 13.2 Å². The van der Waals surface area contributed by atoms with Gasteiger partial charge in [-0.25, -0.2) is 13.4 Å². The van der Waals surface area contributed by atoms with Gasteiger partial charge in [0.15, 0.2) is 0 Å². The van der Waals surface area contributed by atoms with E-state index in [4.69, 9.17) is 14.5 Å². The van der Waals surface area contributed by atoms with Crippen molar-refractivity contribution in [1.82, 2.24) is 24.8 Å². The standard InChI is InChI=1S/C43H53N5O8S/c1-55-31-18-21-34-37(25-31)44-36(29-14-9-6-10-15-29)27-39(34)56-32-26-38-42(51)45-35(41(50)46-57(53,54)33-19-20-33)17-11-5-3-2-4-8-16-30(43(52)48(38)28-32)24-40(49)47-22-12-7-13-23-47/h5-6,9-11,14-15,18,21,25,27,30,32-33,35,38H,2-4,7-8,12-13,16-17,19-20,22-24,26,28H2,1H3,(H,45,51)(H,46,50)/b11-5-/t30-,32+,35+,38-/m0/s1. The Hall–Kier alpha value is -4.98. The quantitative estimate of drug-likeness (QED) is 0.274. The third kappa shape index (κ3) is 9.95. The van der Waals surface area contributed by atoms with Gasteiger partial charge in [0.05, 0.1) is 30.1 Å². The number of allylic oxidation sites excluding steroid dienone is 1. The van der Waals surface area contributed by atoms with Gasteiger partial charge in [-0.1, -0.05) is 55.3 Å². The molecule has 0 unspecified atom stereocenters. The van der Waals surface area contributed by atoms with Crippen LogP contribution in [0.2, 0.25) is 0 Å². The van der Waals surface area contributed by atoms with Crippen molar-refractivity contribution < 1.29 is 37.1 Å². The van der Waals surface area contributed by atoms with Crippen LogP contribution in [0, 0.1) is 5.92 Å². The van der Waals surface area contributed by atoms with E-state index >= 15 is 0 Å². The van der Waals surface area contributed by atoms with Gasteiger partial charge in [0.25, 0.3) is 5.91 Å². The van der Waals surface area contributed by atoms with Crippen molar-refractivity contribution in [3.05, 3.63) is 66.7 Å². The maximum Gasteiger partial charge on any atom is 0.256 e. The molecule has 0 radical (unpaired) electrons. The summed E-state index contributed by atoms with van der Waals surface area (Å²) in [6, 6.07) is 14.8. The Labute approximate surface area is 334 Å². The first-order chi connectivity index (χ1) is 27.6. The van der Waals surface area contributed by atoms with Gasteiger partial charge in [0.2, 0.25) is 27.7 Å². The largest absolute Gasteiger partial charge is 0.497 e. The van der Waals surface area contributed by atoms with Crippen molar-refractivity contribution in [2.24, 2.45) is 5.92 Å². The molecule has 1 aromatic heterocycles. The van der Waals surface area contributed by atoms with Crippen LogP contribution in [0.4, 0.5) is 0 Å². The molecule has 2 saturated heterocycles. The lowest BCUT2D eigenvalue weighted by Crippen LogP contribution is -2.54. The number of sulfonamides is 1. The minimum absolute atomic E-state index is 0.0520. The van der Waals surface area contributed by atoms with Crippen LogP contribution in [0.3, 0.4) is 0 Å². The summed E-state index contributed by atoms with van der Waals surface area (Å²) in [6.07, 6.45) is 10.9. The van der Waals surface area contributed by atoms with E-state index in [1.807, 2.05) is 65.6 Å². The van der Waals surface area contributed by atoms with Gasteiger partial charge in [-0.05, 0) is 69.9 Å². The van der Waals surface area contributed by atoms with Crippen molar-refractivity contribution in [2.75, 3.05) is 26.7 Å². The number of likely N-dealkylation sites (tertiary alicyclic amines) is 1. The topological polar surface area (TPSA) is 164 Å². The number of methoxy groups -OCH3 is 1. The SMILES string of the molecule is COc1ccc2c(O[C@@H]3C[C@H]4C(=O)N[C@@H](C(=O)NS(=O)(=O)C5CC5)C/C=C\CCCCC[C@@H](CC(=O)N5CCCCC5)C(=O)N4C3)cc(-c3ccccc3)nc2c1. The highest BCUT2D eigenvalue weighted by atomic mass is 32.2. The van der Waals surface area contributed by atoms with Crippen LogP contribution >= 0.6 is 0 Å². The zero-order valence-corrected chi connectivity index (χ0v) is 33.4. The minimum Gasteiger partial charge on any atom is -0.497 e. The lowest BCUT2D eigenvalue weighted by Gasteiger charge is -2.31. The first-order valence-electron chi connectivity index (χ1n) is 20.4. The number of ether oxygens (including phenoxy) is 2. The summed E-state index contributed by atoms with van der Waals surface area (Å²) in [6.45, 7) is 1.42. The molecule has 14 heteroatoms. The predicted octanol–water partition coefficient (Wildman–Crippen LogP) is 5.28. The first-order valence-corrected chi connectivity index (χ1v) is 21.9. The zero-order valence-electron chi connectivity index (χ0n) is 32.6. The number of benzene rings is 2. The van der Waals surface area contributed by atoms with Crippen LogP contribution in [0.25, 0.3) is 22.2 Å². The van der Waals surface area contributed by atoms with E-state index in [-0.39, 0.29) is 37.6 Å². The van der Waals surface area contributed by atoms with E-state index in [0.717, 1.165) is 55.9 Å². The fourth-order valence-electron chi connectivity index (χ4n) is 8.09. The Morgan fingerprint density at radius 1 is 0.930 bits per heavy atom. The van der Waals surface area contributed by atoms with Gasteiger partial charge in [-0.2, -0.15) is 0 Å². The van der Waals surface area contributed by atoms with E-state index in [0.29, 0.717) is 55.1 Å². The summed E-state index contributed by atoms with van der Waals surface area (Å²) in [7, 11) is -2.28. The molecule has 57 heavy (non-hydrogen) atoms. The van der Waals surface area contributed by atoms with Gasteiger partial charge in [0, 0.05) is 54.9 Å². The average molecular weight is 800 g/mol. The van der Waals surface area contributed by atoms with Crippen LogP contribution in [0.1, 0.15) is 83.5 Å². The molecule has 3 aliphatic heterocycles. The van der Waals surface area contributed by atoms with Crippen molar-refractivity contribution in [2.45, 2.75) is 107 Å². The summed E-state index contributed by atoms with van der Waals surface area (Å²) >= 11 is 0. The second-order valence-corrected chi connectivity index (χ2v) is 17.7. The molecule has 7 rings (SSSR count). The highest BCUT2D eigenvalue weighted by Crippen LogP contribution is 2.35. The molecule has 4 amide bonds. The van der Waals surface area contributed by atoms with E-state index in [9.17, 15) is 27.6 Å². The van der Waals surface area contributed by atoms with Crippen LogP contribution in [0.5, 0.6) is 11.5 Å². The molecule has 13 nitrogen and oxygen atoms in total. The first kappa shape index (κ1) is 40.2. The molecule has 0 spiro atoms. The maximum atomic E-state index is 14.8. The van der Waals surface area contributed by atoms with E-state index in [2.05, 4.69) is 10.0 Å². The van der Waals surface area contributed by atoms with Gasteiger partial charge >= 0.3 is 0 Å². The normalized spacial score (nSPS) is 24.4. The lowest BCUT2D eigenvalue weighted by molar-refractivity contribution is -0.145. The Morgan fingerprint density at radius 3 is 2.46 bits per heavy atom. The van der Waals surface area contributed by atoms with Gasteiger partial charge < -0.3 is 24.6 Å². The van der Waals surface area contributed by atoms with Gasteiger partial charge in [0.1, 0.15) is 29.7 Å². The molecule has 2 N–H and O–H groups in total. The number of rotatable bonds is 9. The molecular formula is C43H53N5O8S. The third-order valence-corrected chi connectivity index (χ3v) is 13.3. The molecular weight excluding hydrogens is 747 g/mol. The molecule has 0 bridgehead atoms. The van der Waals surface area contributed by atoms with Crippen molar-refractivity contribution >= 4 is 44.6 Å². The molecule has 1 saturated carbocycles. The second kappa shape index (κ2) is 18.1. The van der Waals surface area contributed by atoms with Crippen molar-refractivity contribution in [3.63, 3.8) is 0 Å². The van der Waals surface area contributed by atoms with Crippen LogP contribution in [0.15, 0.2) is 66.7 Å². The summed E-state index contributed by atoms with van der Waals surface area (Å²) in [4.78, 5) is 64.5. The molecule has 2 aromatic carbocycles. The Balaban J connectivity index is 1.20. The van der Waals surface area contributed by atoms with Crippen molar-refractivity contribution in [1.29, 1.82) is 0 Å². The average Bonchev–Trinajstić information content (AvgIpc) is 4.01. The molecule has 4 aliphatic rings. The predicted molar refractivity (Wildman–Crippen MR) is 216 cm³/mol. The lowest BCUT2D eigenvalue weighted by atomic mass is 9.94. The zero-order chi connectivity index (χ0) is 39.9. The smallest absolute Gasteiger partial charge is 0.256 e. The number of pyridine rings is 1. The number of hydrogen-bond acceptors (Lipinski definition) is 9. The number of carbonyl (C=O) groups is 4. The minimum atomic E-state index is -3.87. The van der Waals surface area contributed by atoms with Gasteiger partial charge in [-0.15, -0.1) is 0 Å². The highest BCUT2D eigenvalue weighted by molar-refractivity contribution is 7.90.